The van der Waals surface area contributed by atoms with Crippen LogP contribution in [0.3, 0.4) is 0 Å². The van der Waals surface area contributed by atoms with Gasteiger partial charge in [-0.15, -0.1) is 0 Å². The summed E-state index contributed by atoms with van der Waals surface area (Å²) in [6, 6.07) is 5.45. The zero-order valence-corrected chi connectivity index (χ0v) is 12.5. The average molecular weight is 305 g/mol. The highest BCUT2D eigenvalue weighted by molar-refractivity contribution is 6.33. The second-order valence-corrected chi connectivity index (χ2v) is 5.75. The van der Waals surface area contributed by atoms with E-state index < -0.39 is 0 Å². The summed E-state index contributed by atoms with van der Waals surface area (Å²) in [5.74, 6) is 0. The summed E-state index contributed by atoms with van der Waals surface area (Å²) in [5, 5.41) is 13.4. The fourth-order valence-electron chi connectivity index (χ4n) is 2.66. The molecule has 6 heteroatoms. The van der Waals surface area contributed by atoms with E-state index in [-0.39, 0.29) is 12.1 Å². The molecule has 2 aromatic rings. The number of anilines is 1. The first-order valence-electron chi connectivity index (χ1n) is 6.97. The van der Waals surface area contributed by atoms with Gasteiger partial charge in [-0.1, -0.05) is 23.7 Å². The second kappa shape index (κ2) is 5.77. The Morgan fingerprint density at radius 1 is 1.48 bits per heavy atom. The van der Waals surface area contributed by atoms with Crippen molar-refractivity contribution in [3.8, 4) is 0 Å². The van der Waals surface area contributed by atoms with Crippen LogP contribution in [-0.2, 0) is 12.8 Å². The smallest absolute Gasteiger partial charge is 0.319 e. The van der Waals surface area contributed by atoms with E-state index in [2.05, 4.69) is 20.8 Å². The Bertz CT molecular complexity index is 647. The fourth-order valence-corrected chi connectivity index (χ4v) is 2.93. The van der Waals surface area contributed by atoms with Crippen molar-refractivity contribution in [2.24, 2.45) is 0 Å². The van der Waals surface area contributed by atoms with Gasteiger partial charge in [0.1, 0.15) is 0 Å². The maximum atomic E-state index is 12.1. The molecule has 0 aliphatic heterocycles. The maximum absolute atomic E-state index is 12.1. The van der Waals surface area contributed by atoms with Crippen molar-refractivity contribution in [2.45, 2.75) is 32.2 Å². The van der Waals surface area contributed by atoms with Crippen LogP contribution >= 0.6 is 11.6 Å². The highest BCUT2D eigenvalue weighted by atomic mass is 35.5. The van der Waals surface area contributed by atoms with E-state index in [1.807, 2.05) is 25.3 Å². The van der Waals surface area contributed by atoms with Crippen molar-refractivity contribution >= 4 is 23.3 Å². The van der Waals surface area contributed by atoms with Crippen molar-refractivity contribution in [3.63, 3.8) is 0 Å². The van der Waals surface area contributed by atoms with Crippen LogP contribution in [-0.4, -0.2) is 22.3 Å². The summed E-state index contributed by atoms with van der Waals surface area (Å²) < 4.78 is 0. The molecule has 110 valence electrons. The number of urea groups is 1. The fraction of sp³-hybridized carbons (Fsp3) is 0.333. The lowest BCUT2D eigenvalue weighted by molar-refractivity contribution is 0.247. The van der Waals surface area contributed by atoms with Gasteiger partial charge < -0.3 is 10.6 Å². The Hall–Kier alpha value is -2.01. The largest absolute Gasteiger partial charge is 0.335 e. The van der Waals surface area contributed by atoms with Gasteiger partial charge >= 0.3 is 6.03 Å². The Morgan fingerprint density at radius 3 is 3.14 bits per heavy atom. The van der Waals surface area contributed by atoms with Gasteiger partial charge in [0.05, 0.1) is 16.9 Å². The average Bonchev–Trinajstić information content (AvgIpc) is 2.90. The number of carbonyl (C=O) groups is 1. The minimum absolute atomic E-state index is 0.123. The summed E-state index contributed by atoms with van der Waals surface area (Å²) in [5.41, 5.74) is 3.96. The third-order valence-corrected chi connectivity index (χ3v) is 4.13. The van der Waals surface area contributed by atoms with Crippen LogP contribution in [0.15, 0.2) is 24.4 Å². The number of aromatic amines is 1. The number of hydrogen-bond donors (Lipinski definition) is 3. The highest BCUT2D eigenvalue weighted by Gasteiger charge is 2.21. The van der Waals surface area contributed by atoms with Crippen molar-refractivity contribution in [2.75, 3.05) is 5.32 Å². The van der Waals surface area contributed by atoms with Gasteiger partial charge in [0, 0.05) is 11.7 Å². The van der Waals surface area contributed by atoms with Crippen molar-refractivity contribution in [3.05, 3.63) is 46.2 Å². The van der Waals surface area contributed by atoms with Gasteiger partial charge in [-0.2, -0.15) is 5.10 Å². The van der Waals surface area contributed by atoms with E-state index in [0.717, 1.165) is 24.8 Å². The lowest BCUT2D eigenvalue weighted by Gasteiger charge is -2.23. The Labute approximate surface area is 128 Å². The molecule has 0 saturated heterocycles. The SMILES string of the molecule is Cc1cccc(Cl)c1NC(=O)N[C@H]1CCc2[nH]ncc2C1. The third-order valence-electron chi connectivity index (χ3n) is 3.81. The quantitative estimate of drug-likeness (QED) is 0.798. The maximum Gasteiger partial charge on any atom is 0.319 e. The number of carbonyl (C=O) groups excluding carboxylic acids is 1. The molecule has 0 spiro atoms. The summed E-state index contributed by atoms with van der Waals surface area (Å²) in [6.07, 6.45) is 4.45. The number of fused-ring (bicyclic) bond motifs is 1. The number of nitrogens with zero attached hydrogens (tertiary/aromatic N) is 1. The number of amides is 2. The van der Waals surface area contributed by atoms with Gasteiger partial charge in [-0.3, -0.25) is 5.10 Å². The molecule has 0 saturated carbocycles. The minimum atomic E-state index is -0.219. The van der Waals surface area contributed by atoms with Gasteiger partial charge in [0.25, 0.3) is 0 Å². The van der Waals surface area contributed by atoms with Crippen LogP contribution in [0, 0.1) is 6.92 Å². The number of H-pyrrole nitrogens is 1. The van der Waals surface area contributed by atoms with E-state index in [1.165, 1.54) is 11.3 Å². The number of aryl methyl sites for hydroxylation is 2. The van der Waals surface area contributed by atoms with E-state index >= 15 is 0 Å². The monoisotopic (exact) mass is 304 g/mol. The molecule has 3 N–H and O–H groups in total. The summed E-state index contributed by atoms with van der Waals surface area (Å²) in [4.78, 5) is 12.1. The second-order valence-electron chi connectivity index (χ2n) is 5.34. The highest BCUT2D eigenvalue weighted by Crippen LogP contribution is 2.25. The topological polar surface area (TPSA) is 69.8 Å². The predicted octanol–water partition coefficient (Wildman–Crippen LogP) is 3.05. The van der Waals surface area contributed by atoms with Crippen LogP contribution in [0.5, 0.6) is 0 Å². The molecule has 1 aromatic heterocycles. The van der Waals surface area contributed by atoms with Gasteiger partial charge in [0.15, 0.2) is 0 Å². The molecule has 21 heavy (non-hydrogen) atoms. The first-order valence-corrected chi connectivity index (χ1v) is 7.35. The number of aromatic nitrogens is 2. The van der Waals surface area contributed by atoms with Crippen molar-refractivity contribution < 1.29 is 4.79 Å². The molecule has 0 fully saturated rings. The predicted molar refractivity (Wildman–Crippen MR) is 82.7 cm³/mol. The molecule has 1 aliphatic carbocycles. The number of rotatable bonds is 2. The molecule has 2 amide bonds. The van der Waals surface area contributed by atoms with Crippen LogP contribution in [0.4, 0.5) is 10.5 Å². The molecule has 0 radical (unpaired) electrons. The summed E-state index contributed by atoms with van der Waals surface area (Å²) in [6.45, 7) is 1.92. The van der Waals surface area contributed by atoms with Gasteiger partial charge in [0.2, 0.25) is 0 Å². The van der Waals surface area contributed by atoms with Gasteiger partial charge in [-0.05, 0) is 43.4 Å². The van der Waals surface area contributed by atoms with Crippen molar-refractivity contribution in [1.82, 2.24) is 15.5 Å². The lowest BCUT2D eigenvalue weighted by atomic mass is 9.94. The molecule has 1 aromatic carbocycles. The van der Waals surface area contributed by atoms with E-state index in [1.54, 1.807) is 6.07 Å². The molecule has 1 atom stereocenters. The molecular formula is C15H17ClN4O. The zero-order chi connectivity index (χ0) is 14.8. The molecule has 0 unspecified atom stereocenters. The first kappa shape index (κ1) is 13.9. The molecule has 5 nitrogen and oxygen atoms in total. The third kappa shape index (κ3) is 3.03. The number of benzene rings is 1. The van der Waals surface area contributed by atoms with Gasteiger partial charge in [-0.25, -0.2) is 4.79 Å². The summed E-state index contributed by atoms with van der Waals surface area (Å²) >= 11 is 6.11. The first-order chi connectivity index (χ1) is 10.1. The Morgan fingerprint density at radius 2 is 2.33 bits per heavy atom. The number of halogens is 1. The molecule has 1 aliphatic rings. The van der Waals surface area contributed by atoms with Crippen LogP contribution < -0.4 is 10.6 Å². The molecule has 0 bridgehead atoms. The molecular weight excluding hydrogens is 288 g/mol. The summed E-state index contributed by atoms with van der Waals surface area (Å²) in [7, 11) is 0. The number of nitrogens with one attached hydrogen (secondary N) is 3. The van der Waals surface area contributed by atoms with E-state index in [9.17, 15) is 4.79 Å². The van der Waals surface area contributed by atoms with E-state index in [0.29, 0.717) is 10.7 Å². The van der Waals surface area contributed by atoms with Crippen LogP contribution in [0.2, 0.25) is 5.02 Å². The molecule has 3 rings (SSSR count). The normalized spacial score (nSPS) is 17.1. The molecule has 1 heterocycles. The Kier molecular flexibility index (Phi) is 3.84. The Balaban J connectivity index is 1.63. The van der Waals surface area contributed by atoms with E-state index in [4.69, 9.17) is 11.6 Å². The van der Waals surface area contributed by atoms with Crippen LogP contribution in [0.25, 0.3) is 0 Å². The lowest BCUT2D eigenvalue weighted by Crippen LogP contribution is -2.41. The standard InChI is InChI=1S/C15H17ClN4O/c1-9-3-2-4-12(16)14(9)19-15(21)18-11-5-6-13-10(7-11)8-17-20-13/h2-4,8,11H,5-7H2,1H3,(H,17,20)(H2,18,19,21)/t11-/m0/s1. The van der Waals surface area contributed by atoms with Crippen LogP contribution in [0.1, 0.15) is 23.2 Å². The number of para-hydroxylation sites is 1. The minimum Gasteiger partial charge on any atom is -0.335 e. The number of hydrogen-bond acceptors (Lipinski definition) is 2. The zero-order valence-electron chi connectivity index (χ0n) is 11.7. The van der Waals surface area contributed by atoms with Crippen molar-refractivity contribution in [1.29, 1.82) is 0 Å².